The Balaban J connectivity index is 1.86. The van der Waals surface area contributed by atoms with Crippen molar-refractivity contribution in [1.82, 2.24) is 9.55 Å². The van der Waals surface area contributed by atoms with Gasteiger partial charge in [0.1, 0.15) is 24.9 Å². The van der Waals surface area contributed by atoms with Crippen molar-refractivity contribution >= 4 is 28.6 Å². The number of ether oxygens (including phenoxy) is 4. The van der Waals surface area contributed by atoms with Gasteiger partial charge in [-0.3, -0.25) is 19.1 Å². The molecule has 0 amide bonds. The number of H-pyrrole nitrogens is 1. The minimum Gasteiger partial charge on any atom is -0.462 e. The van der Waals surface area contributed by atoms with Gasteiger partial charge in [0.05, 0.1) is 4.43 Å². The molecule has 1 aromatic heterocycles. The van der Waals surface area contributed by atoms with Crippen LogP contribution < -0.4 is 11.2 Å². The van der Waals surface area contributed by atoms with Crippen molar-refractivity contribution in [2.45, 2.75) is 44.2 Å². The van der Waals surface area contributed by atoms with E-state index in [0.29, 0.717) is 0 Å². The fraction of sp³-hybridized carbons (Fsp3) is 0.643. The first kappa shape index (κ1) is 17.6. The summed E-state index contributed by atoms with van der Waals surface area (Å²) in [6.45, 7) is 3.51. The smallest absolute Gasteiger partial charge is 0.330 e. The Labute approximate surface area is 150 Å². The van der Waals surface area contributed by atoms with Crippen LogP contribution in [0.3, 0.4) is 0 Å². The number of aromatic nitrogens is 2. The van der Waals surface area contributed by atoms with Crippen molar-refractivity contribution in [3.05, 3.63) is 33.1 Å². The summed E-state index contributed by atoms with van der Waals surface area (Å²) < 4.78 is 24.1. The molecule has 4 atom stereocenters. The Kier molecular flexibility index (Phi) is 4.82. The number of nitrogens with one attached hydrogen (secondary N) is 1. The second-order valence-corrected chi connectivity index (χ2v) is 6.73. The zero-order valence-corrected chi connectivity index (χ0v) is 15.2. The van der Waals surface area contributed by atoms with Gasteiger partial charge in [0.15, 0.2) is 12.0 Å². The maximum absolute atomic E-state index is 12.0. The molecule has 1 N–H and O–H groups in total. The van der Waals surface area contributed by atoms with Crippen LogP contribution in [-0.2, 0) is 23.7 Å². The fourth-order valence-electron chi connectivity index (χ4n) is 2.86. The van der Waals surface area contributed by atoms with Crippen molar-refractivity contribution in [3.63, 3.8) is 0 Å². The van der Waals surface area contributed by atoms with Gasteiger partial charge in [0.25, 0.3) is 5.56 Å². The van der Waals surface area contributed by atoms with Crippen molar-refractivity contribution < 1.29 is 23.7 Å². The van der Waals surface area contributed by atoms with Crippen LogP contribution in [0.25, 0.3) is 0 Å². The molecule has 0 aliphatic carbocycles. The Morgan fingerprint density at radius 3 is 2.75 bits per heavy atom. The van der Waals surface area contributed by atoms with E-state index in [-0.39, 0.29) is 17.0 Å². The monoisotopic (exact) mass is 452 g/mol. The van der Waals surface area contributed by atoms with E-state index in [9.17, 15) is 14.4 Å². The third-order valence-electron chi connectivity index (χ3n) is 3.77. The summed E-state index contributed by atoms with van der Waals surface area (Å²) in [7, 11) is 0. The first-order valence-corrected chi connectivity index (χ1v) is 8.87. The van der Waals surface area contributed by atoms with E-state index in [0.717, 1.165) is 0 Å². The summed E-state index contributed by atoms with van der Waals surface area (Å²) in [5, 5.41) is 0. The minimum absolute atomic E-state index is 0.00293. The van der Waals surface area contributed by atoms with Crippen LogP contribution >= 0.6 is 22.6 Å². The maximum Gasteiger partial charge on any atom is 0.330 e. The minimum atomic E-state index is -0.852. The molecule has 9 nitrogen and oxygen atoms in total. The number of alkyl halides is 1. The molecule has 1 aromatic rings. The highest BCUT2D eigenvalue weighted by molar-refractivity contribution is 14.1. The SMILES string of the molecule is CC1(C)O[C@@H]2[C@@H](O1)[C@@H](n1ccc(=O)[nH]c1=O)O[C@H]2COC(=O)CI. The summed E-state index contributed by atoms with van der Waals surface area (Å²) in [4.78, 5) is 36.8. The normalized spacial score (nSPS) is 31.0. The average molecular weight is 452 g/mol. The lowest BCUT2D eigenvalue weighted by molar-refractivity contribution is -0.202. The molecule has 0 saturated carbocycles. The zero-order valence-electron chi connectivity index (χ0n) is 13.1. The molecule has 2 aliphatic rings. The fourth-order valence-corrected chi connectivity index (χ4v) is 3.08. The van der Waals surface area contributed by atoms with Crippen LogP contribution in [0.4, 0.5) is 0 Å². The second kappa shape index (κ2) is 6.58. The molecular formula is C14H17IN2O7. The number of hydrogen-bond acceptors (Lipinski definition) is 7. The Hall–Kier alpha value is -1.24. The first-order chi connectivity index (χ1) is 11.3. The Morgan fingerprint density at radius 1 is 1.38 bits per heavy atom. The summed E-state index contributed by atoms with van der Waals surface area (Å²) in [6.07, 6.45) is -1.08. The van der Waals surface area contributed by atoms with Gasteiger partial charge >= 0.3 is 11.7 Å². The number of nitrogens with zero attached hydrogens (tertiary/aromatic N) is 1. The average Bonchev–Trinajstić information content (AvgIpc) is 2.98. The number of hydrogen-bond donors (Lipinski definition) is 1. The maximum atomic E-state index is 12.0. The van der Waals surface area contributed by atoms with Gasteiger partial charge < -0.3 is 18.9 Å². The highest BCUT2D eigenvalue weighted by Crippen LogP contribution is 2.42. The molecule has 3 heterocycles. The predicted octanol–water partition coefficient (Wildman–Crippen LogP) is -0.0677. The van der Waals surface area contributed by atoms with E-state index < -0.39 is 41.6 Å². The van der Waals surface area contributed by atoms with Gasteiger partial charge in [-0.15, -0.1) is 0 Å². The van der Waals surface area contributed by atoms with Crippen LogP contribution in [0.15, 0.2) is 21.9 Å². The van der Waals surface area contributed by atoms with E-state index in [2.05, 4.69) is 4.98 Å². The number of halogens is 1. The molecule has 0 bridgehead atoms. The standard InChI is InChI=1S/C14H17IN2O7/c1-14(2)23-10-7(6-21-9(19)5-15)22-12(11(10)24-14)17-4-3-8(18)16-13(17)20/h3-4,7,10-12H,5-6H2,1-2H3,(H,16,18,20)/t7-,10-,11+,12-/m0/s1. The second-order valence-electron chi connectivity index (χ2n) is 5.96. The molecule has 132 valence electrons. The van der Waals surface area contributed by atoms with Gasteiger partial charge in [-0.05, 0) is 13.8 Å². The van der Waals surface area contributed by atoms with E-state index in [1.54, 1.807) is 13.8 Å². The highest BCUT2D eigenvalue weighted by Gasteiger charge is 2.56. The van der Waals surface area contributed by atoms with Crippen LogP contribution in [0, 0.1) is 0 Å². The highest BCUT2D eigenvalue weighted by atomic mass is 127. The van der Waals surface area contributed by atoms with Crippen molar-refractivity contribution in [1.29, 1.82) is 0 Å². The first-order valence-electron chi connectivity index (χ1n) is 7.35. The lowest BCUT2D eigenvalue weighted by Gasteiger charge is -2.24. The van der Waals surface area contributed by atoms with Crippen molar-refractivity contribution in [2.75, 3.05) is 11.0 Å². The quantitative estimate of drug-likeness (QED) is 0.387. The zero-order chi connectivity index (χ0) is 17.5. The van der Waals surface area contributed by atoms with Gasteiger partial charge in [0.2, 0.25) is 0 Å². The van der Waals surface area contributed by atoms with E-state index >= 15 is 0 Å². The third-order valence-corrected chi connectivity index (χ3v) is 4.39. The summed E-state index contributed by atoms with van der Waals surface area (Å²) >= 11 is 1.91. The largest absolute Gasteiger partial charge is 0.462 e. The number of carbonyl (C=O) groups is 1. The molecule has 10 heteroatoms. The number of esters is 1. The van der Waals surface area contributed by atoms with Gasteiger partial charge in [-0.25, -0.2) is 4.79 Å². The topological polar surface area (TPSA) is 109 Å². The number of rotatable bonds is 4. The van der Waals surface area contributed by atoms with Crippen LogP contribution in [0.1, 0.15) is 20.1 Å². The molecule has 2 fully saturated rings. The molecule has 0 unspecified atom stereocenters. The van der Waals surface area contributed by atoms with Gasteiger partial charge in [0, 0.05) is 12.3 Å². The van der Waals surface area contributed by atoms with Gasteiger partial charge in [-0.2, -0.15) is 0 Å². The number of carbonyl (C=O) groups excluding carboxylic acids is 1. The van der Waals surface area contributed by atoms with E-state index in [1.807, 2.05) is 22.6 Å². The predicted molar refractivity (Wildman–Crippen MR) is 88.9 cm³/mol. The summed E-state index contributed by atoms with van der Waals surface area (Å²) in [5.41, 5.74) is -1.10. The Bertz CT molecular complexity index is 743. The van der Waals surface area contributed by atoms with Crippen molar-refractivity contribution in [3.8, 4) is 0 Å². The van der Waals surface area contributed by atoms with Crippen LogP contribution in [-0.4, -0.2) is 50.7 Å². The molecule has 2 aliphatic heterocycles. The van der Waals surface area contributed by atoms with E-state index in [1.165, 1.54) is 16.8 Å². The van der Waals surface area contributed by atoms with Crippen LogP contribution in [0.2, 0.25) is 0 Å². The van der Waals surface area contributed by atoms with Crippen LogP contribution in [0.5, 0.6) is 0 Å². The van der Waals surface area contributed by atoms with Gasteiger partial charge in [-0.1, -0.05) is 22.6 Å². The molecule has 3 rings (SSSR count). The lowest BCUT2D eigenvalue weighted by atomic mass is 10.1. The number of fused-ring (bicyclic) bond motifs is 1. The summed E-state index contributed by atoms with van der Waals surface area (Å²) in [6, 6.07) is 1.23. The molecule has 2 saturated heterocycles. The molecule has 0 aromatic carbocycles. The lowest BCUT2D eigenvalue weighted by Crippen LogP contribution is -2.37. The van der Waals surface area contributed by atoms with Crippen molar-refractivity contribution in [2.24, 2.45) is 0 Å². The third kappa shape index (κ3) is 3.41. The summed E-state index contributed by atoms with van der Waals surface area (Å²) in [5.74, 6) is -1.21. The number of aromatic amines is 1. The molecule has 0 spiro atoms. The Morgan fingerprint density at radius 2 is 2.08 bits per heavy atom. The molecule has 24 heavy (non-hydrogen) atoms. The van der Waals surface area contributed by atoms with E-state index in [4.69, 9.17) is 18.9 Å². The molecule has 0 radical (unpaired) electrons. The molecular weight excluding hydrogens is 435 g/mol.